The number of unbranched alkanes of at least 4 members (excludes halogenated alkanes) is 2. The molecule has 61 valence electrons. The lowest BCUT2D eigenvalue weighted by atomic mass is 10.2. The van der Waals surface area contributed by atoms with Gasteiger partial charge in [0, 0.05) is 5.31 Å². The average Bonchev–Trinajstić information content (AvgIpc) is 2.37. The smallest absolute Gasteiger partial charge is 0.0699 e. The Morgan fingerprint density at radius 3 is 2.73 bits per heavy atom. The minimum atomic E-state index is 1.24. The third-order valence-corrected chi connectivity index (χ3v) is 4.32. The molecule has 1 nitrogen and oxygen atoms in total. The van der Waals surface area contributed by atoms with Crippen molar-refractivity contribution in [3.8, 4) is 0 Å². The molecule has 0 fully saturated rings. The number of nitrogens with zero attached hydrogens (tertiary/aromatic N) is 1. The Balaban J connectivity index is 2.25. The first kappa shape index (κ1) is 9.23. The summed E-state index contributed by atoms with van der Waals surface area (Å²) in [6, 6.07) is 0. The van der Waals surface area contributed by atoms with Crippen LogP contribution in [0.25, 0.3) is 0 Å². The van der Waals surface area contributed by atoms with Gasteiger partial charge in [0.2, 0.25) is 0 Å². The SMILES string of the molecule is CCCCCC1=C(C)[N]P=P1. The number of rotatable bonds is 4. The first-order chi connectivity index (χ1) is 5.34. The molecule has 1 rings (SSSR count). The van der Waals surface area contributed by atoms with Crippen molar-refractivity contribution in [2.45, 2.75) is 39.5 Å². The van der Waals surface area contributed by atoms with E-state index in [1.54, 1.807) is 5.31 Å². The highest BCUT2D eigenvalue weighted by atomic mass is 31.7. The van der Waals surface area contributed by atoms with Crippen LogP contribution in [0.1, 0.15) is 39.5 Å². The van der Waals surface area contributed by atoms with Crippen LogP contribution in [0, 0.1) is 0 Å². The lowest BCUT2D eigenvalue weighted by Crippen LogP contribution is -1.85. The number of allylic oxidation sites excluding steroid dienone is 2. The van der Waals surface area contributed by atoms with Crippen LogP contribution in [-0.2, 0) is 0 Å². The summed E-state index contributed by atoms with van der Waals surface area (Å²) in [7, 11) is 2.67. The Morgan fingerprint density at radius 2 is 2.18 bits per heavy atom. The molecular formula is C8H14NP2. The molecular weight excluding hydrogens is 172 g/mol. The molecule has 1 heterocycles. The van der Waals surface area contributed by atoms with E-state index in [-0.39, 0.29) is 0 Å². The van der Waals surface area contributed by atoms with E-state index in [0.29, 0.717) is 0 Å². The molecule has 0 saturated heterocycles. The van der Waals surface area contributed by atoms with Gasteiger partial charge in [0.25, 0.3) is 0 Å². The van der Waals surface area contributed by atoms with Crippen molar-refractivity contribution in [2.24, 2.45) is 0 Å². The maximum Gasteiger partial charge on any atom is 0.0699 e. The van der Waals surface area contributed by atoms with Crippen molar-refractivity contribution in [1.82, 2.24) is 5.09 Å². The molecule has 11 heavy (non-hydrogen) atoms. The summed E-state index contributed by atoms with van der Waals surface area (Å²) < 4.78 is 0. The molecule has 1 radical (unpaired) electrons. The van der Waals surface area contributed by atoms with Crippen LogP contribution in [0.2, 0.25) is 0 Å². The van der Waals surface area contributed by atoms with Crippen LogP contribution in [0.15, 0.2) is 11.0 Å². The molecule has 0 amide bonds. The van der Waals surface area contributed by atoms with Gasteiger partial charge in [0.05, 0.1) is 13.7 Å². The molecule has 0 aromatic heterocycles. The molecule has 0 bridgehead atoms. The van der Waals surface area contributed by atoms with Crippen LogP contribution < -0.4 is 5.09 Å². The van der Waals surface area contributed by atoms with Crippen molar-refractivity contribution in [2.75, 3.05) is 0 Å². The molecule has 0 saturated carbocycles. The van der Waals surface area contributed by atoms with E-state index >= 15 is 0 Å². The van der Waals surface area contributed by atoms with Crippen molar-refractivity contribution < 1.29 is 0 Å². The summed E-state index contributed by atoms with van der Waals surface area (Å²) in [5.74, 6) is 0. The van der Waals surface area contributed by atoms with E-state index in [0.717, 1.165) is 0 Å². The third-order valence-electron chi connectivity index (χ3n) is 1.79. The second-order valence-electron chi connectivity index (χ2n) is 2.78. The normalized spacial score (nSPS) is 18.7. The van der Waals surface area contributed by atoms with Gasteiger partial charge in [-0.15, -0.1) is 0 Å². The molecule has 0 aromatic rings. The van der Waals surface area contributed by atoms with E-state index in [1.807, 2.05) is 0 Å². The molecule has 0 aliphatic carbocycles. The number of hydrogen-bond donors (Lipinski definition) is 0. The minimum absolute atomic E-state index is 1.24. The van der Waals surface area contributed by atoms with Crippen LogP contribution in [0.3, 0.4) is 0 Å². The first-order valence-corrected chi connectivity index (χ1v) is 6.61. The molecule has 3 heteroatoms. The summed E-state index contributed by atoms with van der Waals surface area (Å²) in [6.07, 6.45) is 5.31. The monoisotopic (exact) mass is 186 g/mol. The largest absolute Gasteiger partial charge is 0.227 e. The fraction of sp³-hybridized carbons (Fsp3) is 0.750. The van der Waals surface area contributed by atoms with E-state index in [9.17, 15) is 0 Å². The van der Waals surface area contributed by atoms with Gasteiger partial charge < -0.3 is 0 Å². The number of hydrogen-bond acceptors (Lipinski definition) is 0. The highest BCUT2D eigenvalue weighted by molar-refractivity contribution is 7.85. The first-order valence-electron chi connectivity index (χ1n) is 4.16. The molecule has 0 spiro atoms. The zero-order chi connectivity index (χ0) is 8.10. The fourth-order valence-corrected chi connectivity index (χ4v) is 3.58. The predicted molar refractivity (Wildman–Crippen MR) is 52.8 cm³/mol. The zero-order valence-electron chi connectivity index (χ0n) is 7.17. The molecule has 1 aliphatic heterocycles. The maximum atomic E-state index is 4.34. The van der Waals surface area contributed by atoms with Gasteiger partial charge in [-0.1, -0.05) is 19.8 Å². The summed E-state index contributed by atoms with van der Waals surface area (Å²) in [6.45, 7) is 4.38. The fourth-order valence-electron chi connectivity index (χ4n) is 1.05. The van der Waals surface area contributed by atoms with E-state index < -0.39 is 0 Å². The Morgan fingerprint density at radius 1 is 1.36 bits per heavy atom. The summed E-state index contributed by atoms with van der Waals surface area (Å²) in [5, 5.41) is 5.91. The molecule has 0 atom stereocenters. The van der Waals surface area contributed by atoms with E-state index in [4.69, 9.17) is 0 Å². The molecule has 0 N–H and O–H groups in total. The summed E-state index contributed by atoms with van der Waals surface area (Å²) >= 11 is 0. The van der Waals surface area contributed by atoms with Crippen LogP contribution in [-0.4, -0.2) is 0 Å². The van der Waals surface area contributed by atoms with Gasteiger partial charge in [0.15, 0.2) is 0 Å². The second kappa shape index (κ2) is 4.91. The maximum absolute atomic E-state index is 4.34. The van der Waals surface area contributed by atoms with Crippen LogP contribution >= 0.6 is 15.9 Å². The average molecular weight is 186 g/mol. The van der Waals surface area contributed by atoms with Gasteiger partial charge in [-0.2, -0.15) is 0 Å². The van der Waals surface area contributed by atoms with Crippen LogP contribution in [0.4, 0.5) is 0 Å². The highest BCUT2D eigenvalue weighted by Gasteiger charge is 2.05. The Bertz CT molecular complexity index is 185. The predicted octanol–water partition coefficient (Wildman–Crippen LogP) is 4.14. The molecule has 0 unspecified atom stereocenters. The van der Waals surface area contributed by atoms with Gasteiger partial charge in [-0.25, -0.2) is 5.09 Å². The molecule has 1 aliphatic rings. The lowest BCUT2D eigenvalue weighted by molar-refractivity contribution is 0.722. The quantitative estimate of drug-likeness (QED) is 0.462. The van der Waals surface area contributed by atoms with Gasteiger partial charge in [-0.05, 0) is 27.6 Å². The van der Waals surface area contributed by atoms with Crippen molar-refractivity contribution in [3.63, 3.8) is 0 Å². The Kier molecular flexibility index (Phi) is 4.12. The highest BCUT2D eigenvalue weighted by Crippen LogP contribution is 2.37. The van der Waals surface area contributed by atoms with E-state index in [1.165, 1.54) is 47.3 Å². The van der Waals surface area contributed by atoms with Gasteiger partial charge in [0.1, 0.15) is 0 Å². The minimum Gasteiger partial charge on any atom is -0.227 e. The van der Waals surface area contributed by atoms with Crippen molar-refractivity contribution in [3.05, 3.63) is 11.0 Å². The lowest BCUT2D eigenvalue weighted by Gasteiger charge is -1.98. The summed E-state index contributed by atoms with van der Waals surface area (Å²) in [5.41, 5.74) is 1.30. The van der Waals surface area contributed by atoms with Crippen LogP contribution in [0.5, 0.6) is 0 Å². The Hall–Kier alpha value is 0.140. The second-order valence-corrected chi connectivity index (χ2v) is 5.03. The zero-order valence-corrected chi connectivity index (χ0v) is 8.96. The van der Waals surface area contributed by atoms with Gasteiger partial charge in [-0.3, -0.25) is 0 Å². The standard InChI is InChI=1S/C8H14NP2/c1-3-4-5-6-8-7(2)9-11-10-8/h3-6H2,1-2H3. The Labute approximate surface area is 72.1 Å². The third kappa shape index (κ3) is 2.93. The van der Waals surface area contributed by atoms with Crippen molar-refractivity contribution in [1.29, 1.82) is 0 Å². The van der Waals surface area contributed by atoms with E-state index in [2.05, 4.69) is 18.9 Å². The summed E-state index contributed by atoms with van der Waals surface area (Å²) in [4.78, 5) is 0. The molecule has 0 aromatic carbocycles. The van der Waals surface area contributed by atoms with Crippen molar-refractivity contribution >= 4 is 15.9 Å². The van der Waals surface area contributed by atoms with Gasteiger partial charge >= 0.3 is 0 Å². The topological polar surface area (TPSA) is 14.1 Å².